The van der Waals surface area contributed by atoms with Gasteiger partial charge in [-0.2, -0.15) is 5.26 Å². The van der Waals surface area contributed by atoms with Crippen molar-refractivity contribution in [1.82, 2.24) is 0 Å². The Bertz CT molecular complexity index is 667. The fraction of sp³-hybridized carbons (Fsp3) is 0.176. The summed E-state index contributed by atoms with van der Waals surface area (Å²) in [5.41, 5.74) is 3.55. The number of carbonyl (C=O) groups is 1. The maximum absolute atomic E-state index is 12.5. The second-order valence-electron chi connectivity index (χ2n) is 4.79. The molecule has 0 aliphatic heterocycles. The SMILES string of the molecule is N#CC1CCc2c(C(=O)c3ccccc3)cccc21. The van der Waals surface area contributed by atoms with Crippen LogP contribution < -0.4 is 0 Å². The molecule has 1 aliphatic rings. The van der Waals surface area contributed by atoms with E-state index in [9.17, 15) is 4.79 Å². The molecule has 2 aromatic rings. The molecular weight excluding hydrogens is 234 g/mol. The van der Waals surface area contributed by atoms with Crippen LogP contribution >= 0.6 is 0 Å². The van der Waals surface area contributed by atoms with E-state index < -0.39 is 0 Å². The number of hydrogen-bond acceptors (Lipinski definition) is 2. The van der Waals surface area contributed by atoms with E-state index >= 15 is 0 Å². The molecule has 1 atom stereocenters. The van der Waals surface area contributed by atoms with Gasteiger partial charge in [0.15, 0.2) is 5.78 Å². The standard InChI is InChI=1S/C17H13NO/c18-11-13-9-10-15-14(13)7-4-8-16(15)17(19)12-5-2-1-3-6-12/h1-8,13H,9-10H2. The fourth-order valence-corrected chi connectivity index (χ4v) is 2.75. The predicted molar refractivity (Wildman–Crippen MR) is 73.0 cm³/mol. The summed E-state index contributed by atoms with van der Waals surface area (Å²) in [5, 5.41) is 9.12. The molecule has 0 radical (unpaired) electrons. The van der Waals surface area contributed by atoms with Gasteiger partial charge in [0.25, 0.3) is 0 Å². The summed E-state index contributed by atoms with van der Waals surface area (Å²) in [6.45, 7) is 0. The lowest BCUT2D eigenvalue weighted by Crippen LogP contribution is -2.05. The van der Waals surface area contributed by atoms with Crippen molar-refractivity contribution in [1.29, 1.82) is 5.26 Å². The van der Waals surface area contributed by atoms with Crippen molar-refractivity contribution >= 4 is 5.78 Å². The van der Waals surface area contributed by atoms with Crippen LogP contribution in [0.1, 0.15) is 39.4 Å². The zero-order chi connectivity index (χ0) is 13.2. The van der Waals surface area contributed by atoms with Crippen molar-refractivity contribution < 1.29 is 4.79 Å². The second-order valence-corrected chi connectivity index (χ2v) is 4.79. The fourth-order valence-electron chi connectivity index (χ4n) is 2.75. The minimum Gasteiger partial charge on any atom is -0.289 e. The minimum absolute atomic E-state index is 0.0519. The molecule has 2 nitrogen and oxygen atoms in total. The third-order valence-electron chi connectivity index (χ3n) is 3.71. The Labute approximate surface area is 112 Å². The monoisotopic (exact) mass is 247 g/mol. The number of hydrogen-bond donors (Lipinski definition) is 0. The lowest BCUT2D eigenvalue weighted by molar-refractivity contribution is 0.103. The Morgan fingerprint density at radius 2 is 1.89 bits per heavy atom. The largest absolute Gasteiger partial charge is 0.289 e. The number of benzene rings is 2. The first kappa shape index (κ1) is 11.7. The minimum atomic E-state index is -0.0569. The Morgan fingerprint density at radius 1 is 1.11 bits per heavy atom. The smallest absolute Gasteiger partial charge is 0.193 e. The van der Waals surface area contributed by atoms with Crippen LogP contribution in [0.25, 0.3) is 0 Å². The number of ketones is 1. The molecule has 0 aromatic heterocycles. The average molecular weight is 247 g/mol. The molecule has 0 spiro atoms. The molecule has 1 aliphatic carbocycles. The Morgan fingerprint density at radius 3 is 2.63 bits per heavy atom. The van der Waals surface area contributed by atoms with E-state index in [0.717, 1.165) is 29.5 Å². The van der Waals surface area contributed by atoms with Gasteiger partial charge >= 0.3 is 0 Å². The van der Waals surface area contributed by atoms with Crippen LogP contribution in [0.3, 0.4) is 0 Å². The first-order valence-electron chi connectivity index (χ1n) is 6.42. The van der Waals surface area contributed by atoms with Crippen LogP contribution in [0.2, 0.25) is 0 Å². The van der Waals surface area contributed by atoms with Gasteiger partial charge in [-0.25, -0.2) is 0 Å². The van der Waals surface area contributed by atoms with Gasteiger partial charge < -0.3 is 0 Å². The van der Waals surface area contributed by atoms with Gasteiger partial charge in [-0.15, -0.1) is 0 Å². The predicted octanol–water partition coefficient (Wildman–Crippen LogP) is 3.47. The van der Waals surface area contributed by atoms with E-state index in [1.807, 2.05) is 48.5 Å². The maximum atomic E-state index is 12.5. The zero-order valence-electron chi connectivity index (χ0n) is 10.5. The van der Waals surface area contributed by atoms with Crippen LogP contribution in [0, 0.1) is 11.3 Å². The number of carbonyl (C=O) groups excluding carboxylic acids is 1. The molecule has 0 amide bonds. The van der Waals surface area contributed by atoms with Crippen molar-refractivity contribution in [2.75, 3.05) is 0 Å². The summed E-state index contributed by atoms with van der Waals surface area (Å²) in [4.78, 5) is 12.5. The van der Waals surface area contributed by atoms with E-state index in [0.29, 0.717) is 5.56 Å². The van der Waals surface area contributed by atoms with Crippen molar-refractivity contribution in [3.05, 3.63) is 70.8 Å². The molecule has 0 fully saturated rings. The molecule has 0 N–H and O–H groups in total. The molecule has 0 saturated heterocycles. The first-order chi connectivity index (χ1) is 9.31. The summed E-state index contributed by atoms with van der Waals surface area (Å²) in [5.74, 6) is -0.00503. The Balaban J connectivity index is 2.07. The quantitative estimate of drug-likeness (QED) is 0.762. The molecule has 2 aromatic carbocycles. The van der Waals surface area contributed by atoms with E-state index in [2.05, 4.69) is 6.07 Å². The number of nitriles is 1. The summed E-state index contributed by atoms with van der Waals surface area (Å²) >= 11 is 0. The van der Waals surface area contributed by atoms with Crippen LogP contribution in [0.4, 0.5) is 0 Å². The molecule has 2 heteroatoms. The molecule has 1 unspecified atom stereocenters. The van der Waals surface area contributed by atoms with Crippen molar-refractivity contribution in [3.63, 3.8) is 0 Å². The number of nitrogens with zero attached hydrogens (tertiary/aromatic N) is 1. The lowest BCUT2D eigenvalue weighted by atomic mass is 9.94. The van der Waals surface area contributed by atoms with Gasteiger partial charge in [-0.1, -0.05) is 48.5 Å². The third-order valence-corrected chi connectivity index (χ3v) is 3.71. The third kappa shape index (κ3) is 1.94. The molecule has 3 rings (SSSR count). The van der Waals surface area contributed by atoms with E-state index in [1.165, 1.54) is 0 Å². The highest BCUT2D eigenvalue weighted by Crippen LogP contribution is 2.35. The van der Waals surface area contributed by atoms with Gasteiger partial charge in [-0.05, 0) is 24.0 Å². The maximum Gasteiger partial charge on any atom is 0.193 e. The van der Waals surface area contributed by atoms with Crippen LogP contribution in [-0.2, 0) is 6.42 Å². The first-order valence-corrected chi connectivity index (χ1v) is 6.42. The lowest BCUT2D eigenvalue weighted by Gasteiger charge is -2.08. The van der Waals surface area contributed by atoms with E-state index in [4.69, 9.17) is 5.26 Å². The van der Waals surface area contributed by atoms with Crippen molar-refractivity contribution in [2.24, 2.45) is 0 Å². The molecule has 0 bridgehead atoms. The highest BCUT2D eigenvalue weighted by molar-refractivity contribution is 6.10. The Hall–Kier alpha value is -2.40. The number of fused-ring (bicyclic) bond motifs is 1. The normalized spacial score (nSPS) is 16.7. The molecular formula is C17H13NO. The van der Waals surface area contributed by atoms with Gasteiger partial charge in [0.05, 0.1) is 12.0 Å². The van der Waals surface area contributed by atoms with Crippen molar-refractivity contribution in [3.8, 4) is 6.07 Å². The highest BCUT2D eigenvalue weighted by atomic mass is 16.1. The average Bonchev–Trinajstić information content (AvgIpc) is 2.90. The summed E-state index contributed by atoms with van der Waals surface area (Å²) in [6, 6.07) is 17.3. The molecule has 0 saturated carbocycles. The van der Waals surface area contributed by atoms with Gasteiger partial charge in [0, 0.05) is 11.1 Å². The molecule has 0 heterocycles. The van der Waals surface area contributed by atoms with Gasteiger partial charge in [0.1, 0.15) is 0 Å². The van der Waals surface area contributed by atoms with Crippen LogP contribution in [-0.4, -0.2) is 5.78 Å². The van der Waals surface area contributed by atoms with E-state index in [1.54, 1.807) is 0 Å². The Kier molecular flexibility index (Phi) is 2.89. The van der Waals surface area contributed by atoms with Gasteiger partial charge in [0.2, 0.25) is 0 Å². The van der Waals surface area contributed by atoms with Gasteiger partial charge in [-0.3, -0.25) is 4.79 Å². The van der Waals surface area contributed by atoms with Crippen LogP contribution in [0.15, 0.2) is 48.5 Å². The molecule has 92 valence electrons. The van der Waals surface area contributed by atoms with E-state index in [-0.39, 0.29) is 11.7 Å². The summed E-state index contributed by atoms with van der Waals surface area (Å²) < 4.78 is 0. The van der Waals surface area contributed by atoms with Crippen LogP contribution in [0.5, 0.6) is 0 Å². The highest BCUT2D eigenvalue weighted by Gasteiger charge is 2.26. The molecule has 19 heavy (non-hydrogen) atoms. The second kappa shape index (κ2) is 4.70. The summed E-state index contributed by atoms with van der Waals surface area (Å²) in [6.07, 6.45) is 1.65. The van der Waals surface area contributed by atoms with Crippen molar-refractivity contribution in [2.45, 2.75) is 18.8 Å². The topological polar surface area (TPSA) is 40.9 Å². The zero-order valence-corrected chi connectivity index (χ0v) is 10.5. The number of rotatable bonds is 2. The summed E-state index contributed by atoms with van der Waals surface area (Å²) in [7, 11) is 0.